The highest BCUT2D eigenvalue weighted by molar-refractivity contribution is 14.0. The second kappa shape index (κ2) is 11.4. The fourth-order valence-corrected chi connectivity index (χ4v) is 3.30. The summed E-state index contributed by atoms with van der Waals surface area (Å²) in [6.07, 6.45) is 3.38. The van der Waals surface area contributed by atoms with E-state index in [-0.39, 0.29) is 24.0 Å². The molecule has 0 saturated carbocycles. The van der Waals surface area contributed by atoms with E-state index in [1.807, 2.05) is 43.6 Å². The van der Waals surface area contributed by atoms with Crippen molar-refractivity contribution in [1.29, 1.82) is 0 Å². The molecule has 32 heavy (non-hydrogen) atoms. The minimum atomic E-state index is 0. The van der Waals surface area contributed by atoms with Crippen molar-refractivity contribution in [2.75, 3.05) is 13.6 Å². The van der Waals surface area contributed by atoms with Gasteiger partial charge in [-0.3, -0.25) is 5.10 Å². The van der Waals surface area contributed by atoms with Crippen LogP contribution >= 0.6 is 24.0 Å². The van der Waals surface area contributed by atoms with Crippen LogP contribution in [0.1, 0.15) is 18.3 Å². The molecule has 0 saturated heterocycles. The van der Waals surface area contributed by atoms with Gasteiger partial charge in [-0.2, -0.15) is 5.10 Å². The van der Waals surface area contributed by atoms with Gasteiger partial charge in [-0.25, -0.2) is 15.0 Å². The Bertz CT molecular complexity index is 1120. The monoisotopic (exact) mass is 542 g/mol. The van der Waals surface area contributed by atoms with Crippen LogP contribution in [-0.4, -0.2) is 49.6 Å². The highest BCUT2D eigenvalue weighted by Gasteiger charge is 2.10. The number of benzene rings is 2. The summed E-state index contributed by atoms with van der Waals surface area (Å²) in [5, 5.41) is 10.2. The van der Waals surface area contributed by atoms with Crippen molar-refractivity contribution in [3.63, 3.8) is 0 Å². The van der Waals surface area contributed by atoms with Gasteiger partial charge in [-0.1, -0.05) is 48.5 Å². The molecule has 0 aliphatic carbocycles. The fraction of sp³-hybridized carbons (Fsp3) is 0.217. The van der Waals surface area contributed by atoms with E-state index >= 15 is 0 Å². The van der Waals surface area contributed by atoms with Crippen molar-refractivity contribution in [3.8, 4) is 22.6 Å². The predicted molar refractivity (Wildman–Crippen MR) is 138 cm³/mol. The Labute approximate surface area is 204 Å². The minimum Gasteiger partial charge on any atom is -0.357 e. The van der Waals surface area contributed by atoms with Gasteiger partial charge >= 0.3 is 0 Å². The van der Waals surface area contributed by atoms with Crippen molar-refractivity contribution in [3.05, 3.63) is 78.5 Å². The van der Waals surface area contributed by atoms with E-state index in [2.05, 4.69) is 66.6 Å². The van der Waals surface area contributed by atoms with Crippen LogP contribution in [-0.2, 0) is 13.1 Å². The molecule has 2 aromatic heterocycles. The summed E-state index contributed by atoms with van der Waals surface area (Å²) >= 11 is 0. The van der Waals surface area contributed by atoms with E-state index in [1.54, 1.807) is 0 Å². The summed E-state index contributed by atoms with van der Waals surface area (Å²) in [7, 11) is 2.01. The molecule has 0 aliphatic heterocycles. The summed E-state index contributed by atoms with van der Waals surface area (Å²) in [6, 6.07) is 18.3. The Morgan fingerprint density at radius 1 is 1.06 bits per heavy atom. The maximum Gasteiger partial charge on any atom is 0.194 e. The maximum atomic E-state index is 4.81. The maximum absolute atomic E-state index is 4.81. The van der Waals surface area contributed by atoms with Gasteiger partial charge in [0.25, 0.3) is 0 Å². The average molecular weight is 542 g/mol. The Hall–Kier alpha value is -3.21. The van der Waals surface area contributed by atoms with Gasteiger partial charge in [0, 0.05) is 19.2 Å². The third kappa shape index (κ3) is 5.94. The number of aromatic amines is 2. The molecule has 0 bridgehead atoms. The Kier molecular flexibility index (Phi) is 8.37. The quantitative estimate of drug-likeness (QED) is 0.186. The number of aliphatic imine (C=N–C) groups is 1. The van der Waals surface area contributed by atoms with Crippen molar-refractivity contribution < 1.29 is 0 Å². The lowest BCUT2D eigenvalue weighted by Crippen LogP contribution is -2.38. The standard InChI is InChI=1S/C23H26N8.HI/c1-3-24-23(26-13-17-8-7-11-19(12-17)22-27-16-28-30-22)31(2)15-21-25-14-20(29-21)18-9-5-4-6-10-18;/h4-12,14,16H,3,13,15H2,1-2H3,(H,24,26)(H,25,29)(H,27,28,30);1H. The van der Waals surface area contributed by atoms with Crippen LogP contribution in [0, 0.1) is 0 Å². The van der Waals surface area contributed by atoms with Crippen molar-refractivity contribution in [2.24, 2.45) is 4.99 Å². The zero-order valence-electron chi connectivity index (χ0n) is 18.1. The number of aromatic nitrogens is 5. The highest BCUT2D eigenvalue weighted by Crippen LogP contribution is 2.17. The Balaban J connectivity index is 0.00000289. The number of hydrogen-bond acceptors (Lipinski definition) is 4. The third-order valence-corrected chi connectivity index (χ3v) is 4.82. The Morgan fingerprint density at radius 3 is 2.62 bits per heavy atom. The molecule has 4 aromatic rings. The number of guanidine groups is 1. The summed E-state index contributed by atoms with van der Waals surface area (Å²) < 4.78 is 0. The lowest BCUT2D eigenvalue weighted by molar-refractivity contribution is 0.464. The van der Waals surface area contributed by atoms with E-state index in [4.69, 9.17) is 4.99 Å². The minimum absolute atomic E-state index is 0. The lowest BCUT2D eigenvalue weighted by Gasteiger charge is -2.21. The molecule has 0 unspecified atom stereocenters. The molecule has 0 amide bonds. The van der Waals surface area contributed by atoms with E-state index in [0.29, 0.717) is 13.1 Å². The van der Waals surface area contributed by atoms with Gasteiger partial charge in [-0.05, 0) is 24.1 Å². The lowest BCUT2D eigenvalue weighted by atomic mass is 10.1. The number of hydrogen-bond donors (Lipinski definition) is 3. The molecule has 4 rings (SSSR count). The number of imidazole rings is 1. The third-order valence-electron chi connectivity index (χ3n) is 4.82. The molecule has 3 N–H and O–H groups in total. The largest absolute Gasteiger partial charge is 0.357 e. The van der Waals surface area contributed by atoms with Crippen molar-refractivity contribution >= 4 is 29.9 Å². The van der Waals surface area contributed by atoms with Crippen LogP contribution in [0.25, 0.3) is 22.6 Å². The van der Waals surface area contributed by atoms with Gasteiger partial charge in [0.05, 0.1) is 25.0 Å². The molecule has 0 atom stereocenters. The van der Waals surface area contributed by atoms with Gasteiger partial charge in [-0.15, -0.1) is 24.0 Å². The zero-order chi connectivity index (χ0) is 21.5. The number of rotatable bonds is 7. The van der Waals surface area contributed by atoms with Crippen LogP contribution in [0.15, 0.2) is 72.1 Å². The second-order valence-corrected chi connectivity index (χ2v) is 7.17. The van der Waals surface area contributed by atoms with Gasteiger partial charge in [0.2, 0.25) is 0 Å². The van der Waals surface area contributed by atoms with E-state index in [1.165, 1.54) is 6.33 Å². The molecule has 0 aliphatic rings. The van der Waals surface area contributed by atoms with Crippen LogP contribution in [0.4, 0.5) is 0 Å². The van der Waals surface area contributed by atoms with Gasteiger partial charge in [0.1, 0.15) is 12.2 Å². The van der Waals surface area contributed by atoms with Crippen molar-refractivity contribution in [1.82, 2.24) is 35.4 Å². The molecule has 0 spiro atoms. The second-order valence-electron chi connectivity index (χ2n) is 7.17. The zero-order valence-corrected chi connectivity index (χ0v) is 20.4. The average Bonchev–Trinajstić information content (AvgIpc) is 3.50. The van der Waals surface area contributed by atoms with E-state index < -0.39 is 0 Å². The summed E-state index contributed by atoms with van der Waals surface area (Å²) in [5.41, 5.74) is 4.22. The molecule has 8 nitrogen and oxygen atoms in total. The molecule has 9 heteroatoms. The number of H-pyrrole nitrogens is 2. The Morgan fingerprint density at radius 2 is 1.88 bits per heavy atom. The number of nitrogens with one attached hydrogen (secondary N) is 3. The molecule has 0 radical (unpaired) electrons. The highest BCUT2D eigenvalue weighted by atomic mass is 127. The number of halogens is 1. The predicted octanol–water partition coefficient (Wildman–Crippen LogP) is 4.08. The molecular formula is C23H27IN8. The first-order valence-corrected chi connectivity index (χ1v) is 10.3. The smallest absolute Gasteiger partial charge is 0.194 e. The first kappa shape index (κ1) is 23.5. The summed E-state index contributed by atoms with van der Waals surface area (Å²) in [4.78, 5) is 19.0. The number of nitrogens with zero attached hydrogens (tertiary/aromatic N) is 5. The molecular weight excluding hydrogens is 515 g/mol. The first-order valence-electron chi connectivity index (χ1n) is 10.3. The SMILES string of the molecule is CCNC(=NCc1cccc(-c2ncn[nH]2)c1)N(C)Cc1ncc(-c2ccccc2)[nH]1.I. The van der Waals surface area contributed by atoms with Gasteiger partial charge < -0.3 is 15.2 Å². The van der Waals surface area contributed by atoms with Crippen LogP contribution in [0.5, 0.6) is 0 Å². The van der Waals surface area contributed by atoms with E-state index in [0.717, 1.165) is 46.5 Å². The van der Waals surface area contributed by atoms with E-state index in [9.17, 15) is 0 Å². The van der Waals surface area contributed by atoms with Crippen molar-refractivity contribution in [2.45, 2.75) is 20.0 Å². The van der Waals surface area contributed by atoms with Crippen LogP contribution in [0.2, 0.25) is 0 Å². The normalized spacial score (nSPS) is 11.1. The molecule has 2 aromatic carbocycles. The van der Waals surface area contributed by atoms with Gasteiger partial charge in [0.15, 0.2) is 11.8 Å². The first-order chi connectivity index (χ1) is 15.2. The van der Waals surface area contributed by atoms with Crippen LogP contribution < -0.4 is 5.32 Å². The van der Waals surface area contributed by atoms with Crippen LogP contribution in [0.3, 0.4) is 0 Å². The summed E-state index contributed by atoms with van der Waals surface area (Å²) in [6.45, 7) is 4.03. The molecule has 2 heterocycles. The molecule has 0 fully saturated rings. The fourth-order valence-electron chi connectivity index (χ4n) is 3.30. The summed E-state index contributed by atoms with van der Waals surface area (Å²) in [5.74, 6) is 2.46. The topological polar surface area (TPSA) is 97.9 Å². The molecule has 166 valence electrons.